The molecule has 0 radical (unpaired) electrons. The average molecular weight is 510 g/mol. The van der Waals surface area contributed by atoms with Gasteiger partial charge in [0.05, 0.1) is 4.47 Å². The van der Waals surface area contributed by atoms with Crippen molar-refractivity contribution in [2.45, 2.75) is 59.2 Å². The van der Waals surface area contributed by atoms with Crippen LogP contribution in [-0.2, 0) is 16.1 Å². The first-order valence-corrected chi connectivity index (χ1v) is 11.6. The summed E-state index contributed by atoms with van der Waals surface area (Å²) in [6.07, 6.45) is 1.33. The van der Waals surface area contributed by atoms with Crippen LogP contribution >= 0.6 is 27.5 Å². The fraction of sp³-hybridized carbons (Fsp3) is 0.417. The van der Waals surface area contributed by atoms with Crippen molar-refractivity contribution in [2.24, 2.45) is 0 Å². The van der Waals surface area contributed by atoms with Crippen molar-refractivity contribution in [2.75, 3.05) is 6.61 Å². The van der Waals surface area contributed by atoms with E-state index in [4.69, 9.17) is 16.3 Å². The molecule has 7 heteroatoms. The predicted molar refractivity (Wildman–Crippen MR) is 128 cm³/mol. The first-order valence-electron chi connectivity index (χ1n) is 10.5. The van der Waals surface area contributed by atoms with Crippen LogP contribution in [-0.4, -0.2) is 35.4 Å². The van der Waals surface area contributed by atoms with Crippen LogP contribution in [0.3, 0.4) is 0 Å². The number of rotatable bonds is 10. The summed E-state index contributed by atoms with van der Waals surface area (Å²) in [5.74, 6) is 0.115. The first kappa shape index (κ1) is 25.2. The Labute approximate surface area is 198 Å². The summed E-state index contributed by atoms with van der Waals surface area (Å²) in [5, 5.41) is 3.57. The molecule has 2 aromatic rings. The number of carbonyl (C=O) groups excluding carboxylic acids is 2. The predicted octanol–water partition coefficient (Wildman–Crippen LogP) is 5.51. The van der Waals surface area contributed by atoms with Gasteiger partial charge in [0.15, 0.2) is 6.61 Å². The molecule has 2 aromatic carbocycles. The van der Waals surface area contributed by atoms with E-state index in [1.165, 1.54) is 0 Å². The second kappa shape index (κ2) is 12.1. The molecule has 0 aliphatic carbocycles. The number of hydrogen-bond acceptors (Lipinski definition) is 3. The fourth-order valence-electron chi connectivity index (χ4n) is 3.07. The van der Waals surface area contributed by atoms with Crippen LogP contribution in [0, 0.1) is 6.92 Å². The van der Waals surface area contributed by atoms with E-state index in [2.05, 4.69) is 21.2 Å². The molecule has 2 rings (SSSR count). The quantitative estimate of drug-likeness (QED) is 0.459. The summed E-state index contributed by atoms with van der Waals surface area (Å²) >= 11 is 9.37. The molecule has 0 aliphatic heterocycles. The zero-order valence-electron chi connectivity index (χ0n) is 18.5. The number of amides is 2. The van der Waals surface area contributed by atoms with Crippen LogP contribution in [0.1, 0.15) is 44.7 Å². The summed E-state index contributed by atoms with van der Waals surface area (Å²) in [4.78, 5) is 27.7. The van der Waals surface area contributed by atoms with Gasteiger partial charge >= 0.3 is 0 Å². The van der Waals surface area contributed by atoms with Crippen molar-refractivity contribution in [3.63, 3.8) is 0 Å². The summed E-state index contributed by atoms with van der Waals surface area (Å²) in [6, 6.07) is 12.5. The standard InChI is InChI=1S/C24H30BrClN2O3/c1-5-17(4)27-24(30)21(6-2)28(14-18-9-7-16(3)8-10-18)23(29)15-31-22-12-11-19(26)13-20(22)25/h7-13,17,21H,5-6,14-15H2,1-4H3,(H,27,30)/t17-,21-/m1/s1. The molecule has 0 saturated heterocycles. The second-order valence-electron chi connectivity index (χ2n) is 7.61. The van der Waals surface area contributed by atoms with E-state index in [1.54, 1.807) is 23.1 Å². The summed E-state index contributed by atoms with van der Waals surface area (Å²) in [7, 11) is 0. The number of carbonyl (C=O) groups is 2. The lowest BCUT2D eigenvalue weighted by molar-refractivity contribution is -0.143. The van der Waals surface area contributed by atoms with Crippen LogP contribution in [0.25, 0.3) is 0 Å². The van der Waals surface area contributed by atoms with Crippen LogP contribution in [0.15, 0.2) is 46.9 Å². The molecule has 0 spiro atoms. The molecule has 5 nitrogen and oxygen atoms in total. The van der Waals surface area contributed by atoms with E-state index in [0.29, 0.717) is 28.2 Å². The molecule has 2 amide bonds. The number of aryl methyl sites for hydroxylation is 1. The zero-order chi connectivity index (χ0) is 23.0. The molecule has 0 saturated carbocycles. The van der Waals surface area contributed by atoms with Gasteiger partial charge in [-0.15, -0.1) is 0 Å². The number of ether oxygens (including phenoxy) is 1. The van der Waals surface area contributed by atoms with Gasteiger partial charge in [0.1, 0.15) is 11.8 Å². The molecular weight excluding hydrogens is 480 g/mol. The Bertz CT molecular complexity index is 889. The van der Waals surface area contributed by atoms with E-state index >= 15 is 0 Å². The lowest BCUT2D eigenvalue weighted by Crippen LogP contribution is -2.51. The second-order valence-corrected chi connectivity index (χ2v) is 8.90. The van der Waals surface area contributed by atoms with Gasteiger partial charge in [-0.1, -0.05) is 55.3 Å². The maximum absolute atomic E-state index is 13.2. The van der Waals surface area contributed by atoms with Gasteiger partial charge in [0.2, 0.25) is 5.91 Å². The monoisotopic (exact) mass is 508 g/mol. The molecule has 1 N–H and O–H groups in total. The molecule has 0 aromatic heterocycles. The van der Waals surface area contributed by atoms with E-state index < -0.39 is 6.04 Å². The number of benzene rings is 2. The van der Waals surface area contributed by atoms with Crippen LogP contribution in [0.2, 0.25) is 5.02 Å². The Morgan fingerprint density at radius 1 is 1.13 bits per heavy atom. The minimum atomic E-state index is -0.583. The Morgan fingerprint density at radius 3 is 2.39 bits per heavy atom. The van der Waals surface area contributed by atoms with Crippen molar-refractivity contribution in [3.8, 4) is 5.75 Å². The smallest absolute Gasteiger partial charge is 0.261 e. The van der Waals surface area contributed by atoms with E-state index in [0.717, 1.165) is 17.5 Å². The number of nitrogens with one attached hydrogen (secondary N) is 1. The molecule has 0 aliphatic rings. The van der Waals surface area contributed by atoms with Crippen molar-refractivity contribution in [1.82, 2.24) is 10.2 Å². The SMILES string of the molecule is CC[C@@H](C)NC(=O)[C@@H](CC)N(Cc1ccc(C)cc1)C(=O)COc1ccc(Cl)cc1Br. The largest absolute Gasteiger partial charge is 0.483 e. The minimum Gasteiger partial charge on any atom is -0.483 e. The Balaban J connectivity index is 2.22. The van der Waals surface area contributed by atoms with E-state index in [-0.39, 0.29) is 24.5 Å². The third kappa shape index (κ3) is 7.54. The third-order valence-electron chi connectivity index (χ3n) is 5.11. The van der Waals surface area contributed by atoms with Gasteiger partial charge < -0.3 is 15.0 Å². The summed E-state index contributed by atoms with van der Waals surface area (Å²) in [6.45, 7) is 8.04. The molecule has 0 bridgehead atoms. The molecule has 0 unspecified atom stereocenters. The van der Waals surface area contributed by atoms with Gasteiger partial charge in [-0.3, -0.25) is 9.59 Å². The van der Waals surface area contributed by atoms with Crippen LogP contribution < -0.4 is 10.1 Å². The number of hydrogen-bond donors (Lipinski definition) is 1. The zero-order valence-corrected chi connectivity index (χ0v) is 20.8. The lowest BCUT2D eigenvalue weighted by Gasteiger charge is -2.31. The van der Waals surface area contributed by atoms with Crippen molar-refractivity contribution < 1.29 is 14.3 Å². The van der Waals surface area contributed by atoms with E-state index in [1.807, 2.05) is 52.0 Å². The van der Waals surface area contributed by atoms with Crippen molar-refractivity contribution >= 4 is 39.3 Å². The van der Waals surface area contributed by atoms with Gasteiger partial charge in [-0.25, -0.2) is 0 Å². The molecule has 0 fully saturated rings. The number of halogens is 2. The van der Waals surface area contributed by atoms with Crippen molar-refractivity contribution in [3.05, 3.63) is 63.1 Å². The number of nitrogens with zero attached hydrogens (tertiary/aromatic N) is 1. The highest BCUT2D eigenvalue weighted by Crippen LogP contribution is 2.28. The van der Waals surface area contributed by atoms with Gasteiger partial charge in [-0.05, 0) is 66.4 Å². The molecule has 2 atom stereocenters. The van der Waals surface area contributed by atoms with Gasteiger partial charge in [0.25, 0.3) is 5.91 Å². The van der Waals surface area contributed by atoms with Crippen LogP contribution in [0.5, 0.6) is 5.75 Å². The summed E-state index contributed by atoms with van der Waals surface area (Å²) in [5.41, 5.74) is 2.10. The Kier molecular flexibility index (Phi) is 9.85. The molecule has 0 heterocycles. The molecular formula is C24H30BrClN2O3. The third-order valence-corrected chi connectivity index (χ3v) is 5.96. The molecule has 168 valence electrons. The Hall–Kier alpha value is -2.05. The average Bonchev–Trinajstić information content (AvgIpc) is 2.74. The normalized spacial score (nSPS) is 12.7. The highest BCUT2D eigenvalue weighted by Gasteiger charge is 2.29. The lowest BCUT2D eigenvalue weighted by atomic mass is 10.1. The Morgan fingerprint density at radius 2 is 1.81 bits per heavy atom. The highest BCUT2D eigenvalue weighted by atomic mass is 79.9. The van der Waals surface area contributed by atoms with Crippen molar-refractivity contribution in [1.29, 1.82) is 0 Å². The maximum atomic E-state index is 13.2. The first-order chi connectivity index (χ1) is 14.7. The van der Waals surface area contributed by atoms with Gasteiger partial charge in [0, 0.05) is 17.6 Å². The maximum Gasteiger partial charge on any atom is 0.261 e. The highest BCUT2D eigenvalue weighted by molar-refractivity contribution is 9.10. The topological polar surface area (TPSA) is 58.6 Å². The van der Waals surface area contributed by atoms with Gasteiger partial charge in [-0.2, -0.15) is 0 Å². The summed E-state index contributed by atoms with van der Waals surface area (Å²) < 4.78 is 6.41. The molecule has 31 heavy (non-hydrogen) atoms. The minimum absolute atomic E-state index is 0.0409. The van der Waals surface area contributed by atoms with E-state index in [9.17, 15) is 9.59 Å². The van der Waals surface area contributed by atoms with Crippen LogP contribution in [0.4, 0.5) is 0 Å². The fourth-order valence-corrected chi connectivity index (χ4v) is 3.86.